The molecule has 0 aliphatic heterocycles. The van der Waals surface area contributed by atoms with E-state index in [1.165, 1.54) is 18.2 Å². The Labute approximate surface area is 173 Å². The van der Waals surface area contributed by atoms with Crippen LogP contribution in [-0.2, 0) is 11.3 Å². The summed E-state index contributed by atoms with van der Waals surface area (Å²) in [6.45, 7) is 0.371. The van der Waals surface area contributed by atoms with Crippen molar-refractivity contribution in [1.29, 1.82) is 0 Å². The predicted octanol–water partition coefficient (Wildman–Crippen LogP) is 1.50. The second-order valence-electron chi connectivity index (χ2n) is 6.46. The third-order valence-electron chi connectivity index (χ3n) is 4.52. The van der Waals surface area contributed by atoms with Crippen molar-refractivity contribution in [3.8, 4) is 17.2 Å². The van der Waals surface area contributed by atoms with Crippen molar-refractivity contribution in [2.75, 3.05) is 11.9 Å². The zero-order valence-electron chi connectivity index (χ0n) is 14.6. The van der Waals surface area contributed by atoms with Crippen molar-refractivity contribution in [2.24, 2.45) is 0 Å². The highest BCUT2D eigenvalue weighted by atomic mass is 79.9. The van der Waals surface area contributed by atoms with Crippen LogP contribution in [0.3, 0.4) is 0 Å². The first-order chi connectivity index (χ1) is 13.9. The van der Waals surface area contributed by atoms with Crippen molar-refractivity contribution in [3.63, 3.8) is 0 Å². The van der Waals surface area contributed by atoms with E-state index in [1.54, 1.807) is 0 Å². The van der Waals surface area contributed by atoms with Crippen LogP contribution in [0.1, 0.15) is 19.3 Å². The van der Waals surface area contributed by atoms with Crippen LogP contribution in [-0.4, -0.2) is 40.9 Å². The van der Waals surface area contributed by atoms with Gasteiger partial charge in [-0.1, -0.05) is 5.16 Å². The molecule has 1 atom stereocenters. The van der Waals surface area contributed by atoms with E-state index in [-0.39, 0.29) is 21.8 Å². The minimum Gasteiger partial charge on any atom is -0.760 e. The Morgan fingerprint density at radius 2 is 2.14 bits per heavy atom. The molecule has 2 aromatic heterocycles. The van der Waals surface area contributed by atoms with Crippen LogP contribution in [0.15, 0.2) is 36.6 Å². The van der Waals surface area contributed by atoms with Crippen molar-refractivity contribution in [3.05, 3.63) is 39.0 Å². The van der Waals surface area contributed by atoms with Crippen LogP contribution in [0.4, 0.5) is 10.2 Å². The van der Waals surface area contributed by atoms with Crippen molar-refractivity contribution in [1.82, 2.24) is 24.8 Å². The molecule has 1 fully saturated rings. The van der Waals surface area contributed by atoms with Gasteiger partial charge in [0, 0.05) is 23.4 Å². The van der Waals surface area contributed by atoms with Gasteiger partial charge in [-0.2, -0.15) is 0 Å². The molecule has 29 heavy (non-hydrogen) atoms. The molecule has 154 valence electrons. The van der Waals surface area contributed by atoms with Gasteiger partial charge in [0.25, 0.3) is 0 Å². The Hall–Kier alpha value is -2.42. The molecule has 0 bridgehead atoms. The molecule has 1 aromatic carbocycles. The quantitative estimate of drug-likeness (QED) is 0.450. The fourth-order valence-corrected chi connectivity index (χ4v) is 3.88. The van der Waals surface area contributed by atoms with E-state index in [0.717, 1.165) is 17.4 Å². The largest absolute Gasteiger partial charge is 0.760 e. The summed E-state index contributed by atoms with van der Waals surface area (Å²) >= 11 is 0.732. The van der Waals surface area contributed by atoms with Gasteiger partial charge in [-0.15, -0.1) is 0 Å². The van der Waals surface area contributed by atoms with Gasteiger partial charge in [0.2, 0.25) is 11.6 Å². The first kappa shape index (κ1) is 19.9. The number of benzene rings is 1. The zero-order chi connectivity index (χ0) is 20.6. The number of nitrogens with zero attached hydrogens (tertiary/aromatic N) is 4. The first-order valence-electron chi connectivity index (χ1n) is 8.37. The van der Waals surface area contributed by atoms with Gasteiger partial charge in [-0.25, -0.2) is 23.1 Å². The van der Waals surface area contributed by atoms with Gasteiger partial charge in [0.05, 0.1) is 10.2 Å². The van der Waals surface area contributed by atoms with Crippen molar-refractivity contribution >= 4 is 33.0 Å². The molecule has 0 spiro atoms. The van der Waals surface area contributed by atoms with Gasteiger partial charge in [0.15, 0.2) is 5.69 Å². The third kappa shape index (κ3) is 4.14. The molecule has 0 amide bonds. The smallest absolute Gasteiger partial charge is 0.446 e. The lowest BCUT2D eigenvalue weighted by Gasteiger charge is -2.18. The van der Waals surface area contributed by atoms with Gasteiger partial charge in [-0.3, -0.25) is 8.73 Å². The molecule has 11 nitrogen and oxygen atoms in total. The second-order valence-corrected chi connectivity index (χ2v) is 7.99. The summed E-state index contributed by atoms with van der Waals surface area (Å²) < 4.78 is 48.5. The first-order valence-corrected chi connectivity index (χ1v) is 10.2. The van der Waals surface area contributed by atoms with E-state index in [1.807, 2.05) is 0 Å². The number of nitrogens with one attached hydrogen (secondary N) is 2. The number of hydrogen-bond acceptors (Lipinski definition) is 9. The number of rotatable bonds is 8. The van der Waals surface area contributed by atoms with Crippen molar-refractivity contribution < 1.29 is 22.3 Å². The highest BCUT2D eigenvalue weighted by Crippen LogP contribution is 2.39. The summed E-state index contributed by atoms with van der Waals surface area (Å²) in [5.41, 5.74) is -0.0399. The Bertz CT molecular complexity index is 1130. The monoisotopic (exact) mass is 487 g/mol. The molecule has 0 radical (unpaired) electrons. The minimum absolute atomic E-state index is 0.0113. The highest BCUT2D eigenvalue weighted by Gasteiger charge is 2.42. The Balaban J connectivity index is 1.57. The molecular weight excluding hydrogens is 475 g/mol. The molecule has 1 saturated carbocycles. The maximum absolute atomic E-state index is 13.5. The number of aromatic nitrogens is 4. The van der Waals surface area contributed by atoms with Gasteiger partial charge >= 0.3 is 5.76 Å². The average molecular weight is 488 g/mol. The number of hydrogen-bond donors (Lipinski definition) is 2. The van der Waals surface area contributed by atoms with Crippen LogP contribution >= 0.6 is 15.9 Å². The summed E-state index contributed by atoms with van der Waals surface area (Å²) in [5, 5.41) is 14.3. The van der Waals surface area contributed by atoms with Gasteiger partial charge in [-0.05, 0) is 63.7 Å². The molecule has 1 aliphatic rings. The van der Waals surface area contributed by atoms with E-state index in [2.05, 4.69) is 41.4 Å². The Kier molecular flexibility index (Phi) is 5.33. The number of anilines is 1. The Morgan fingerprint density at radius 1 is 1.34 bits per heavy atom. The summed E-state index contributed by atoms with van der Waals surface area (Å²) in [6, 6.07) is 3.96. The van der Waals surface area contributed by atoms with E-state index in [9.17, 15) is 17.9 Å². The number of halogens is 2. The van der Waals surface area contributed by atoms with Gasteiger partial charge < -0.3 is 9.87 Å². The molecule has 14 heteroatoms. The standard InChI is InChI=1S/C15H14BrFN6O5S/c16-9-7-8(1-2-10(9)17)23-13(21-27-14(23)24)11-12(20-28-19-11)18-6-5-15(3-4-15)22-29(25)26/h1-2,7,22H,3-6H2,(H,18,20)(H,25,26)/p-1. The Morgan fingerprint density at radius 3 is 2.83 bits per heavy atom. The van der Waals surface area contributed by atoms with Crippen LogP contribution in [0, 0.1) is 5.82 Å². The lowest BCUT2D eigenvalue weighted by molar-refractivity contribution is 0.309. The van der Waals surface area contributed by atoms with Crippen LogP contribution in [0.2, 0.25) is 0 Å². The average Bonchev–Trinajstić information content (AvgIpc) is 3.08. The maximum Gasteiger partial charge on any atom is 0.446 e. The van der Waals surface area contributed by atoms with Gasteiger partial charge in [0.1, 0.15) is 5.82 Å². The normalized spacial score (nSPS) is 16.0. The highest BCUT2D eigenvalue weighted by molar-refractivity contribution is 9.10. The fraction of sp³-hybridized carbons (Fsp3) is 0.333. The summed E-state index contributed by atoms with van der Waals surface area (Å²) in [5.74, 6) is -1.08. The molecule has 2 N–H and O–H groups in total. The third-order valence-corrected chi connectivity index (χ3v) is 5.72. The lowest BCUT2D eigenvalue weighted by Crippen LogP contribution is -2.34. The zero-order valence-corrected chi connectivity index (χ0v) is 17.0. The summed E-state index contributed by atoms with van der Waals surface area (Å²) in [6.07, 6.45) is 2.01. The van der Waals surface area contributed by atoms with E-state index in [0.29, 0.717) is 18.7 Å². The fourth-order valence-electron chi connectivity index (χ4n) is 2.85. The van der Waals surface area contributed by atoms with E-state index >= 15 is 0 Å². The predicted molar refractivity (Wildman–Crippen MR) is 100 cm³/mol. The minimum atomic E-state index is -2.34. The molecule has 3 aromatic rings. The molecule has 4 rings (SSSR count). The summed E-state index contributed by atoms with van der Waals surface area (Å²) in [4.78, 5) is 12.2. The topological polar surface area (TPSA) is 151 Å². The summed E-state index contributed by atoms with van der Waals surface area (Å²) in [7, 11) is 0. The van der Waals surface area contributed by atoms with Crippen LogP contribution < -0.4 is 15.8 Å². The molecule has 2 heterocycles. The SMILES string of the molecule is O=c1onc(-c2nonc2NCCC2(NS(=O)[O-])CC2)n1-c1ccc(F)c(Br)c1. The molecule has 0 saturated heterocycles. The van der Waals surface area contributed by atoms with Crippen LogP contribution in [0.5, 0.6) is 0 Å². The van der Waals surface area contributed by atoms with Crippen molar-refractivity contribution in [2.45, 2.75) is 24.8 Å². The van der Waals surface area contributed by atoms with E-state index < -0.39 is 28.4 Å². The second kappa shape index (κ2) is 7.78. The molecule has 1 unspecified atom stereocenters. The molecular formula is C15H13BrFN6O5S-. The lowest BCUT2D eigenvalue weighted by atomic mass is 10.2. The van der Waals surface area contributed by atoms with Crippen LogP contribution in [0.25, 0.3) is 17.2 Å². The molecule has 1 aliphatic carbocycles. The maximum atomic E-state index is 13.5. The van der Waals surface area contributed by atoms with E-state index in [4.69, 9.17) is 9.15 Å².